The van der Waals surface area contributed by atoms with Crippen molar-refractivity contribution in [3.63, 3.8) is 0 Å². The highest BCUT2D eigenvalue weighted by atomic mass is 19.1. The average Bonchev–Trinajstić information content (AvgIpc) is 3.11. The first-order valence-corrected chi connectivity index (χ1v) is 7.90. The lowest BCUT2D eigenvalue weighted by atomic mass is 10.2. The minimum atomic E-state index is -0.578. The first kappa shape index (κ1) is 15.6. The van der Waals surface area contributed by atoms with Gasteiger partial charge >= 0.3 is 5.69 Å². The smallest absolute Gasteiger partial charge is 0.352 e. The van der Waals surface area contributed by atoms with Crippen LogP contribution in [0.5, 0.6) is 5.88 Å². The second kappa shape index (κ2) is 5.86. The molecule has 0 unspecified atom stereocenters. The van der Waals surface area contributed by atoms with Gasteiger partial charge in [-0.1, -0.05) is 6.07 Å². The molecule has 7 nitrogen and oxygen atoms in total. The van der Waals surface area contributed by atoms with Crippen molar-refractivity contribution in [2.24, 2.45) is 0 Å². The van der Waals surface area contributed by atoms with E-state index in [4.69, 9.17) is 11.3 Å². The molecule has 0 saturated carbocycles. The van der Waals surface area contributed by atoms with Gasteiger partial charge in [-0.05, 0) is 24.1 Å². The third kappa shape index (κ3) is 2.72. The minimum Gasteiger partial charge on any atom is -0.473 e. The molecule has 0 aliphatic carbocycles. The van der Waals surface area contributed by atoms with Crippen molar-refractivity contribution in [1.82, 2.24) is 9.55 Å². The summed E-state index contributed by atoms with van der Waals surface area (Å²) in [5.41, 5.74) is 0.151. The van der Waals surface area contributed by atoms with Gasteiger partial charge in [-0.25, -0.2) is 14.0 Å². The van der Waals surface area contributed by atoms with Gasteiger partial charge in [-0.15, -0.1) is 0 Å². The molecule has 2 aromatic rings. The molecule has 25 heavy (non-hydrogen) atoms. The van der Waals surface area contributed by atoms with Crippen molar-refractivity contribution < 1.29 is 14.2 Å². The minimum absolute atomic E-state index is 0.0722. The number of halogens is 1. The number of aromatic nitrogens is 2. The van der Waals surface area contributed by atoms with Gasteiger partial charge in [0.25, 0.3) is 0 Å². The number of hydrogen-bond acceptors (Lipinski definition) is 5. The molecule has 2 atom stereocenters. The summed E-state index contributed by atoms with van der Waals surface area (Å²) >= 11 is 0. The zero-order valence-corrected chi connectivity index (χ0v) is 13.2. The maximum Gasteiger partial charge on any atom is 0.352 e. The summed E-state index contributed by atoms with van der Waals surface area (Å²) in [7, 11) is 0. The number of anilines is 1. The molecular formula is C17H15FN4O3. The number of ether oxygens (including phenoxy) is 1. The number of rotatable bonds is 3. The highest BCUT2D eigenvalue weighted by molar-refractivity contribution is 5.49. The predicted octanol–water partition coefficient (Wildman–Crippen LogP) is 1.47. The maximum absolute atomic E-state index is 13.4. The van der Waals surface area contributed by atoms with Gasteiger partial charge in [0.1, 0.15) is 18.2 Å². The third-order valence-electron chi connectivity index (χ3n) is 4.56. The molecule has 1 N–H and O–H groups in total. The normalized spacial score (nSPS) is 20.9. The molecule has 0 bridgehead atoms. The van der Waals surface area contributed by atoms with E-state index in [0.717, 1.165) is 0 Å². The molecule has 0 spiro atoms. The average molecular weight is 342 g/mol. The number of fused-ring (bicyclic) bond motifs is 3. The molecular weight excluding hydrogens is 327 g/mol. The number of aliphatic hydroxyl groups is 1. The maximum atomic E-state index is 13.4. The molecule has 1 saturated heterocycles. The molecule has 1 fully saturated rings. The van der Waals surface area contributed by atoms with E-state index < -0.39 is 17.6 Å². The Labute approximate surface area is 142 Å². The Bertz CT molecular complexity index is 936. The topological polar surface area (TPSA) is 72.0 Å². The number of nitrogens with zero attached hydrogens (tertiary/aromatic N) is 4. The fourth-order valence-corrected chi connectivity index (χ4v) is 3.40. The zero-order valence-electron chi connectivity index (χ0n) is 13.2. The lowest BCUT2D eigenvalue weighted by molar-refractivity contribution is 0.192. The highest BCUT2D eigenvalue weighted by Crippen LogP contribution is 2.33. The quantitative estimate of drug-likeness (QED) is 0.855. The summed E-state index contributed by atoms with van der Waals surface area (Å²) < 4.78 is 20.5. The first-order valence-electron chi connectivity index (χ1n) is 7.90. The Balaban J connectivity index is 1.56. The second-order valence-corrected chi connectivity index (χ2v) is 6.23. The molecule has 3 heterocycles. The summed E-state index contributed by atoms with van der Waals surface area (Å²) in [6.07, 6.45) is 0.240. The predicted molar refractivity (Wildman–Crippen MR) is 87.2 cm³/mol. The Kier molecular flexibility index (Phi) is 3.66. The standard InChI is InChI=1S/C17H15FN4O3/c1-19-14-4-10(2-3-13(14)18)9-25-15-6-16-21-8-12(23)5-11(21)7-22(16)17(24)20-15/h2-4,6,11-12,23H,5,7-9H2/t11-,12+/m1/s1. The lowest BCUT2D eigenvalue weighted by Crippen LogP contribution is -2.25. The van der Waals surface area contributed by atoms with E-state index in [2.05, 4.69) is 9.83 Å². The van der Waals surface area contributed by atoms with Gasteiger partial charge in [0, 0.05) is 19.2 Å². The van der Waals surface area contributed by atoms with Crippen LogP contribution in [0.15, 0.2) is 29.1 Å². The summed E-state index contributed by atoms with van der Waals surface area (Å²) in [6, 6.07) is 5.94. The van der Waals surface area contributed by atoms with Crippen LogP contribution in [0, 0.1) is 12.4 Å². The van der Waals surface area contributed by atoms with E-state index in [1.807, 2.05) is 4.90 Å². The number of hydrogen-bond donors (Lipinski definition) is 1. The fourth-order valence-electron chi connectivity index (χ4n) is 3.40. The van der Waals surface area contributed by atoms with Gasteiger partial charge < -0.3 is 14.7 Å². The van der Waals surface area contributed by atoms with E-state index in [9.17, 15) is 14.3 Å². The monoisotopic (exact) mass is 342 g/mol. The zero-order chi connectivity index (χ0) is 17.6. The van der Waals surface area contributed by atoms with E-state index in [1.54, 1.807) is 10.6 Å². The van der Waals surface area contributed by atoms with Crippen molar-refractivity contribution in [2.75, 3.05) is 11.4 Å². The van der Waals surface area contributed by atoms with Crippen LogP contribution in [0.2, 0.25) is 0 Å². The van der Waals surface area contributed by atoms with Crippen molar-refractivity contribution in [3.8, 4) is 5.88 Å². The van der Waals surface area contributed by atoms with Crippen LogP contribution in [0.1, 0.15) is 12.0 Å². The van der Waals surface area contributed by atoms with Crippen LogP contribution in [-0.4, -0.2) is 33.3 Å². The summed E-state index contributed by atoms with van der Waals surface area (Å²) in [4.78, 5) is 21.2. The van der Waals surface area contributed by atoms with Gasteiger partial charge in [0.15, 0.2) is 0 Å². The Morgan fingerprint density at radius 1 is 1.40 bits per heavy atom. The molecule has 0 amide bonds. The summed E-state index contributed by atoms with van der Waals surface area (Å²) in [5.74, 6) is 0.288. The Hall–Kier alpha value is -2.92. The summed E-state index contributed by atoms with van der Waals surface area (Å²) in [5, 5.41) is 9.79. The number of benzene rings is 1. The van der Waals surface area contributed by atoms with Crippen molar-refractivity contribution in [1.29, 1.82) is 0 Å². The lowest BCUT2D eigenvalue weighted by Gasteiger charge is -2.17. The van der Waals surface area contributed by atoms with Crippen LogP contribution < -0.4 is 15.3 Å². The van der Waals surface area contributed by atoms with Crippen molar-refractivity contribution in [3.05, 3.63) is 57.5 Å². The molecule has 2 aliphatic rings. The van der Waals surface area contributed by atoms with E-state index >= 15 is 0 Å². The van der Waals surface area contributed by atoms with Gasteiger partial charge in [-0.2, -0.15) is 4.98 Å². The van der Waals surface area contributed by atoms with E-state index in [-0.39, 0.29) is 24.2 Å². The Morgan fingerprint density at radius 3 is 3.04 bits per heavy atom. The van der Waals surface area contributed by atoms with Gasteiger partial charge in [0.05, 0.1) is 18.7 Å². The largest absolute Gasteiger partial charge is 0.473 e. The van der Waals surface area contributed by atoms with Gasteiger partial charge in [0.2, 0.25) is 11.6 Å². The van der Waals surface area contributed by atoms with Crippen LogP contribution >= 0.6 is 0 Å². The van der Waals surface area contributed by atoms with Crippen molar-refractivity contribution in [2.45, 2.75) is 31.7 Å². The second-order valence-electron chi connectivity index (χ2n) is 6.23. The SMILES string of the molecule is [C-]#[N+]c1cc(COc2cc3n(c(=O)n2)C[C@H]2C[C@H](O)CN32)ccc1F. The molecule has 4 rings (SSSR count). The fraction of sp³-hybridized carbons (Fsp3) is 0.353. The highest BCUT2D eigenvalue weighted by Gasteiger charge is 2.38. The molecule has 1 aromatic heterocycles. The molecule has 0 radical (unpaired) electrons. The third-order valence-corrected chi connectivity index (χ3v) is 4.56. The van der Waals surface area contributed by atoms with E-state index in [1.165, 1.54) is 18.2 Å². The van der Waals surface area contributed by atoms with Crippen LogP contribution in [0.4, 0.5) is 15.9 Å². The van der Waals surface area contributed by atoms with Crippen molar-refractivity contribution >= 4 is 11.5 Å². The van der Waals surface area contributed by atoms with Crippen LogP contribution in [0.25, 0.3) is 4.85 Å². The van der Waals surface area contributed by atoms with Gasteiger partial charge in [-0.3, -0.25) is 4.57 Å². The van der Waals surface area contributed by atoms with Crippen LogP contribution in [-0.2, 0) is 13.2 Å². The Morgan fingerprint density at radius 2 is 2.24 bits per heavy atom. The van der Waals surface area contributed by atoms with E-state index in [0.29, 0.717) is 30.9 Å². The first-order chi connectivity index (χ1) is 12.0. The molecule has 1 aromatic carbocycles. The number of aliphatic hydroxyl groups excluding tert-OH is 1. The molecule has 8 heteroatoms. The molecule has 128 valence electrons. The van der Waals surface area contributed by atoms with Crippen LogP contribution in [0.3, 0.4) is 0 Å². The molecule has 2 aliphatic heterocycles. The summed E-state index contributed by atoms with van der Waals surface area (Å²) in [6.45, 7) is 8.01.